The molecule has 0 radical (unpaired) electrons. The fraction of sp³-hybridized carbons (Fsp3) is 0.640. The van der Waals surface area contributed by atoms with Gasteiger partial charge in [-0.2, -0.15) is 0 Å². The molecule has 9 nitrogen and oxygen atoms in total. The van der Waals surface area contributed by atoms with Crippen LogP contribution >= 0.6 is 0 Å². The second-order valence-corrected chi connectivity index (χ2v) is 10.4. The standard InChI is InChI=1S/C25H34N6O3/c1-18(2)22-27-28-23(34-22)20-15-25(17-31(20)16-21(32)29-11-3-4-12-29)7-13-30(14-8-25)24(33)19-5-9-26-10-6-19/h5-6,9-10,18,20H,3-4,7-8,11-17H2,1-2H3. The van der Waals surface area contributed by atoms with E-state index in [1.165, 1.54) is 0 Å². The van der Waals surface area contributed by atoms with Crippen molar-refractivity contribution in [3.8, 4) is 0 Å². The van der Waals surface area contributed by atoms with Crippen molar-refractivity contribution in [1.82, 2.24) is 29.9 Å². The number of hydrogen-bond donors (Lipinski definition) is 0. The maximum Gasteiger partial charge on any atom is 0.253 e. The maximum absolute atomic E-state index is 13.0. The summed E-state index contributed by atoms with van der Waals surface area (Å²) in [5.74, 6) is 1.67. The summed E-state index contributed by atoms with van der Waals surface area (Å²) in [7, 11) is 0. The molecule has 3 fully saturated rings. The van der Waals surface area contributed by atoms with Crippen molar-refractivity contribution in [2.75, 3.05) is 39.3 Å². The van der Waals surface area contributed by atoms with Gasteiger partial charge in [-0.3, -0.25) is 19.5 Å². The van der Waals surface area contributed by atoms with Gasteiger partial charge in [0.1, 0.15) is 0 Å². The topological polar surface area (TPSA) is 95.7 Å². The summed E-state index contributed by atoms with van der Waals surface area (Å²) >= 11 is 0. The third-order valence-corrected chi connectivity index (χ3v) is 7.68. The molecule has 9 heteroatoms. The van der Waals surface area contributed by atoms with Gasteiger partial charge in [-0.1, -0.05) is 13.8 Å². The Morgan fingerprint density at radius 3 is 2.41 bits per heavy atom. The highest BCUT2D eigenvalue weighted by atomic mass is 16.4. The van der Waals surface area contributed by atoms with Crippen LogP contribution in [-0.2, 0) is 4.79 Å². The minimum Gasteiger partial charge on any atom is -0.423 e. The summed E-state index contributed by atoms with van der Waals surface area (Å²) in [6.45, 7) is 8.40. The Morgan fingerprint density at radius 2 is 1.76 bits per heavy atom. The molecule has 0 N–H and O–H groups in total. The lowest BCUT2D eigenvalue weighted by Gasteiger charge is -2.39. The zero-order valence-corrected chi connectivity index (χ0v) is 20.2. The van der Waals surface area contributed by atoms with Crippen molar-refractivity contribution in [2.45, 2.75) is 57.9 Å². The number of piperidine rings is 1. The zero-order chi connectivity index (χ0) is 23.7. The van der Waals surface area contributed by atoms with Gasteiger partial charge in [0.15, 0.2) is 0 Å². The number of hydrogen-bond acceptors (Lipinski definition) is 7. The van der Waals surface area contributed by atoms with Crippen molar-refractivity contribution in [1.29, 1.82) is 0 Å². The second-order valence-electron chi connectivity index (χ2n) is 10.4. The first-order valence-corrected chi connectivity index (χ1v) is 12.5. The highest BCUT2D eigenvalue weighted by molar-refractivity contribution is 5.94. The highest BCUT2D eigenvalue weighted by Crippen LogP contribution is 2.49. The lowest BCUT2D eigenvalue weighted by molar-refractivity contribution is -0.131. The van der Waals surface area contributed by atoms with Crippen LogP contribution in [0.2, 0.25) is 0 Å². The number of amides is 2. The van der Waals surface area contributed by atoms with E-state index in [0.717, 1.165) is 51.7 Å². The lowest BCUT2D eigenvalue weighted by atomic mass is 9.76. The van der Waals surface area contributed by atoms with E-state index in [1.54, 1.807) is 24.5 Å². The molecule has 0 bridgehead atoms. The largest absolute Gasteiger partial charge is 0.423 e. The van der Waals surface area contributed by atoms with Gasteiger partial charge in [-0.25, -0.2) is 0 Å². The molecule has 3 aliphatic rings. The van der Waals surface area contributed by atoms with Gasteiger partial charge in [0, 0.05) is 56.6 Å². The molecule has 2 amide bonds. The molecule has 182 valence electrons. The molecule has 1 unspecified atom stereocenters. The first-order chi connectivity index (χ1) is 16.4. The second kappa shape index (κ2) is 9.44. The monoisotopic (exact) mass is 466 g/mol. The highest BCUT2D eigenvalue weighted by Gasteiger charge is 2.49. The summed E-state index contributed by atoms with van der Waals surface area (Å²) in [6, 6.07) is 3.48. The predicted molar refractivity (Wildman–Crippen MR) is 125 cm³/mol. The van der Waals surface area contributed by atoms with Crippen LogP contribution in [-0.4, -0.2) is 81.0 Å². The summed E-state index contributed by atoms with van der Waals surface area (Å²) in [4.78, 5) is 36.1. The van der Waals surface area contributed by atoms with Crippen LogP contribution in [0.25, 0.3) is 0 Å². The van der Waals surface area contributed by atoms with E-state index in [4.69, 9.17) is 4.42 Å². The average Bonchev–Trinajstić information content (AvgIpc) is 3.60. The van der Waals surface area contributed by atoms with Crippen LogP contribution in [0.15, 0.2) is 28.9 Å². The Hall–Kier alpha value is -2.81. The van der Waals surface area contributed by atoms with Crippen LogP contribution < -0.4 is 0 Å². The van der Waals surface area contributed by atoms with Crippen LogP contribution in [0.3, 0.4) is 0 Å². The van der Waals surface area contributed by atoms with E-state index >= 15 is 0 Å². The summed E-state index contributed by atoms with van der Waals surface area (Å²) in [5.41, 5.74) is 0.720. The maximum atomic E-state index is 13.0. The van der Waals surface area contributed by atoms with E-state index in [1.807, 2.05) is 23.6 Å². The Labute approximate surface area is 200 Å². The molecule has 1 atom stereocenters. The third kappa shape index (κ3) is 4.58. The number of rotatable bonds is 5. The van der Waals surface area contributed by atoms with Gasteiger partial charge in [0.2, 0.25) is 17.7 Å². The van der Waals surface area contributed by atoms with Crippen LogP contribution in [0.4, 0.5) is 0 Å². The summed E-state index contributed by atoms with van der Waals surface area (Å²) < 4.78 is 6.06. The summed E-state index contributed by atoms with van der Waals surface area (Å²) in [6.07, 6.45) is 8.16. The van der Waals surface area contributed by atoms with Gasteiger partial charge >= 0.3 is 0 Å². The predicted octanol–water partition coefficient (Wildman–Crippen LogP) is 2.88. The third-order valence-electron chi connectivity index (χ3n) is 7.68. The first-order valence-electron chi connectivity index (χ1n) is 12.5. The molecule has 1 spiro atoms. The van der Waals surface area contributed by atoms with Crippen molar-refractivity contribution in [2.24, 2.45) is 5.41 Å². The number of pyridine rings is 1. The van der Waals surface area contributed by atoms with Gasteiger partial charge < -0.3 is 14.2 Å². The van der Waals surface area contributed by atoms with E-state index in [-0.39, 0.29) is 29.2 Å². The Bertz CT molecular complexity index is 1010. The molecule has 3 aliphatic heterocycles. The fourth-order valence-electron chi connectivity index (χ4n) is 5.63. The van der Waals surface area contributed by atoms with Crippen molar-refractivity contribution in [3.63, 3.8) is 0 Å². The van der Waals surface area contributed by atoms with Crippen molar-refractivity contribution >= 4 is 11.8 Å². The molecule has 5 rings (SSSR count). The SMILES string of the molecule is CC(C)c1nnc(C2CC3(CCN(C(=O)c4ccncc4)CC3)CN2CC(=O)N2CCCC2)o1. The Balaban J connectivity index is 1.31. The molecular weight excluding hydrogens is 432 g/mol. The number of carbonyl (C=O) groups excluding carboxylic acids is 2. The molecule has 34 heavy (non-hydrogen) atoms. The zero-order valence-electron chi connectivity index (χ0n) is 20.2. The number of carbonyl (C=O) groups is 2. The number of nitrogens with zero attached hydrogens (tertiary/aromatic N) is 6. The van der Waals surface area contributed by atoms with E-state index < -0.39 is 0 Å². The van der Waals surface area contributed by atoms with Gasteiger partial charge in [-0.05, 0) is 49.7 Å². The number of aromatic nitrogens is 3. The van der Waals surface area contributed by atoms with Crippen molar-refractivity contribution < 1.29 is 14.0 Å². The normalized spacial score (nSPS) is 22.7. The molecule has 2 aromatic rings. The molecular formula is C25H34N6O3. The van der Waals surface area contributed by atoms with Crippen LogP contribution in [0, 0.1) is 5.41 Å². The molecule has 3 saturated heterocycles. The number of likely N-dealkylation sites (tertiary alicyclic amines) is 3. The van der Waals surface area contributed by atoms with E-state index in [0.29, 0.717) is 37.0 Å². The Kier molecular flexibility index (Phi) is 6.38. The smallest absolute Gasteiger partial charge is 0.253 e. The molecule has 0 saturated carbocycles. The van der Waals surface area contributed by atoms with E-state index in [9.17, 15) is 9.59 Å². The minimum atomic E-state index is -0.0611. The fourth-order valence-corrected chi connectivity index (χ4v) is 5.63. The molecule has 5 heterocycles. The average molecular weight is 467 g/mol. The van der Waals surface area contributed by atoms with Gasteiger partial charge in [0.05, 0.1) is 12.6 Å². The van der Waals surface area contributed by atoms with Crippen LogP contribution in [0.1, 0.15) is 80.1 Å². The molecule has 2 aromatic heterocycles. The molecule has 0 aliphatic carbocycles. The van der Waals surface area contributed by atoms with Crippen LogP contribution in [0.5, 0.6) is 0 Å². The quantitative estimate of drug-likeness (QED) is 0.669. The summed E-state index contributed by atoms with van der Waals surface area (Å²) in [5, 5.41) is 8.64. The van der Waals surface area contributed by atoms with E-state index in [2.05, 4.69) is 20.1 Å². The van der Waals surface area contributed by atoms with Crippen molar-refractivity contribution in [3.05, 3.63) is 41.9 Å². The minimum absolute atomic E-state index is 0.0391. The van der Waals surface area contributed by atoms with Gasteiger partial charge in [-0.15, -0.1) is 10.2 Å². The Morgan fingerprint density at radius 1 is 1.06 bits per heavy atom. The first kappa shape index (κ1) is 23.0. The lowest BCUT2D eigenvalue weighted by Crippen LogP contribution is -2.45. The van der Waals surface area contributed by atoms with Gasteiger partial charge in [0.25, 0.3) is 5.91 Å². The molecule has 0 aromatic carbocycles.